The van der Waals surface area contributed by atoms with Crippen molar-refractivity contribution in [2.24, 2.45) is 0 Å². The lowest BCUT2D eigenvalue weighted by atomic mass is 10.2. The summed E-state index contributed by atoms with van der Waals surface area (Å²) in [5.74, 6) is 0. The van der Waals surface area contributed by atoms with Crippen LogP contribution in [-0.4, -0.2) is 29.9 Å². The average Bonchev–Trinajstić information content (AvgIpc) is 2.65. The van der Waals surface area contributed by atoms with Crippen LogP contribution in [0.5, 0.6) is 0 Å². The van der Waals surface area contributed by atoms with Gasteiger partial charge < -0.3 is 0 Å². The van der Waals surface area contributed by atoms with E-state index in [1.807, 2.05) is 12.1 Å². The Bertz CT molecular complexity index is 974. The minimum atomic E-state index is -3.81. The number of nitrogens with zero attached hydrogens (tertiary/aromatic N) is 2. The molecule has 0 saturated carbocycles. The van der Waals surface area contributed by atoms with Gasteiger partial charge in [0.05, 0.1) is 33.1 Å². The Balaban J connectivity index is 1.94. The Morgan fingerprint density at radius 3 is 1.23 bits per heavy atom. The van der Waals surface area contributed by atoms with Crippen LogP contribution >= 0.6 is 0 Å². The third-order valence-electron chi connectivity index (χ3n) is 3.30. The molecule has 0 aliphatic carbocycles. The van der Waals surface area contributed by atoms with Crippen LogP contribution in [0.3, 0.4) is 0 Å². The summed E-state index contributed by atoms with van der Waals surface area (Å²) in [6.07, 6.45) is 0. The Hall–Kier alpha value is -2.76. The molecular weight excluding hydrogens is 376 g/mol. The summed E-state index contributed by atoms with van der Waals surface area (Å²) >= 11 is 0. The van der Waals surface area contributed by atoms with Crippen LogP contribution in [0.2, 0.25) is 0 Å². The van der Waals surface area contributed by atoms with Crippen LogP contribution in [0, 0.1) is 22.7 Å². The van der Waals surface area contributed by atoms with E-state index >= 15 is 0 Å². The standard InChI is InChI=1S/C16H14N4O4S2/c17-11-13-1-5-15(6-2-13)25(21,22)19-9-10-20-26(23,24)16-7-3-14(12-18)4-8-16/h1-8,19-20H,9-10H2. The van der Waals surface area contributed by atoms with Crippen LogP contribution in [0.1, 0.15) is 11.1 Å². The SMILES string of the molecule is N#Cc1ccc(S(=O)(=O)NCCNS(=O)(=O)c2ccc(C#N)cc2)cc1. The van der Waals surface area contributed by atoms with Crippen molar-refractivity contribution < 1.29 is 16.8 Å². The van der Waals surface area contributed by atoms with E-state index in [1.165, 1.54) is 48.5 Å². The van der Waals surface area contributed by atoms with Gasteiger partial charge >= 0.3 is 0 Å². The largest absolute Gasteiger partial charge is 0.240 e. The Kier molecular flexibility index (Phi) is 6.08. The highest BCUT2D eigenvalue weighted by atomic mass is 32.2. The predicted molar refractivity (Wildman–Crippen MR) is 92.7 cm³/mol. The van der Waals surface area contributed by atoms with E-state index < -0.39 is 20.0 Å². The second-order valence-corrected chi connectivity index (χ2v) is 8.60. The van der Waals surface area contributed by atoms with Gasteiger partial charge in [0.25, 0.3) is 0 Å². The van der Waals surface area contributed by atoms with Gasteiger partial charge in [-0.2, -0.15) is 10.5 Å². The molecule has 2 rings (SSSR count). The third-order valence-corrected chi connectivity index (χ3v) is 6.25. The molecule has 2 aromatic carbocycles. The lowest BCUT2D eigenvalue weighted by molar-refractivity contribution is 0.570. The Morgan fingerprint density at radius 2 is 0.962 bits per heavy atom. The lowest BCUT2D eigenvalue weighted by Crippen LogP contribution is -2.34. The molecule has 0 fully saturated rings. The van der Waals surface area contributed by atoms with E-state index in [1.54, 1.807) is 0 Å². The van der Waals surface area contributed by atoms with Crippen LogP contribution < -0.4 is 9.44 Å². The second kappa shape index (κ2) is 8.08. The van der Waals surface area contributed by atoms with Crippen molar-refractivity contribution in [1.29, 1.82) is 10.5 Å². The zero-order valence-electron chi connectivity index (χ0n) is 13.4. The maximum absolute atomic E-state index is 12.1. The van der Waals surface area contributed by atoms with Crippen molar-refractivity contribution >= 4 is 20.0 Å². The van der Waals surface area contributed by atoms with E-state index in [9.17, 15) is 16.8 Å². The lowest BCUT2D eigenvalue weighted by Gasteiger charge is -2.09. The molecule has 0 atom stereocenters. The summed E-state index contributed by atoms with van der Waals surface area (Å²) in [5, 5.41) is 17.4. The van der Waals surface area contributed by atoms with Gasteiger partial charge in [-0.1, -0.05) is 0 Å². The van der Waals surface area contributed by atoms with Crippen LogP contribution in [0.4, 0.5) is 0 Å². The highest BCUT2D eigenvalue weighted by Gasteiger charge is 2.16. The summed E-state index contributed by atoms with van der Waals surface area (Å²) in [6, 6.07) is 14.5. The number of nitrogens with one attached hydrogen (secondary N) is 2. The summed E-state index contributed by atoms with van der Waals surface area (Å²) in [7, 11) is -7.61. The van der Waals surface area contributed by atoms with Gasteiger partial charge in [-0.15, -0.1) is 0 Å². The maximum Gasteiger partial charge on any atom is 0.240 e. The van der Waals surface area contributed by atoms with Crippen molar-refractivity contribution in [2.75, 3.05) is 13.1 Å². The molecule has 10 heteroatoms. The van der Waals surface area contributed by atoms with Gasteiger partial charge in [-0.3, -0.25) is 0 Å². The first-order valence-electron chi connectivity index (χ1n) is 7.28. The average molecular weight is 390 g/mol. The molecule has 26 heavy (non-hydrogen) atoms. The fourth-order valence-corrected chi connectivity index (χ4v) is 4.02. The van der Waals surface area contributed by atoms with E-state index in [0.29, 0.717) is 11.1 Å². The quantitative estimate of drug-likeness (QED) is 0.667. The minimum Gasteiger partial charge on any atom is -0.210 e. The van der Waals surface area contributed by atoms with Gasteiger partial charge in [-0.25, -0.2) is 26.3 Å². The van der Waals surface area contributed by atoms with E-state index in [2.05, 4.69) is 9.44 Å². The molecule has 0 unspecified atom stereocenters. The normalized spacial score (nSPS) is 11.5. The van der Waals surface area contributed by atoms with Crippen LogP contribution in [0.15, 0.2) is 58.3 Å². The van der Waals surface area contributed by atoms with Gasteiger partial charge in [0.2, 0.25) is 20.0 Å². The molecule has 8 nitrogen and oxygen atoms in total. The van der Waals surface area contributed by atoms with E-state index in [0.717, 1.165) is 0 Å². The molecule has 134 valence electrons. The van der Waals surface area contributed by atoms with Crippen molar-refractivity contribution in [2.45, 2.75) is 9.79 Å². The van der Waals surface area contributed by atoms with Crippen molar-refractivity contribution in [3.63, 3.8) is 0 Å². The summed E-state index contributed by atoms with van der Waals surface area (Å²) in [5.41, 5.74) is 0.665. The van der Waals surface area contributed by atoms with Crippen molar-refractivity contribution in [3.8, 4) is 12.1 Å². The summed E-state index contributed by atoms with van der Waals surface area (Å²) in [4.78, 5) is -0.0436. The first kappa shape index (κ1) is 19.6. The number of rotatable bonds is 7. The molecule has 0 aliphatic heterocycles. The van der Waals surface area contributed by atoms with Gasteiger partial charge in [0.15, 0.2) is 0 Å². The number of benzene rings is 2. The smallest absolute Gasteiger partial charge is 0.210 e. The zero-order chi connectivity index (χ0) is 19.2. The molecule has 2 aromatic rings. The zero-order valence-corrected chi connectivity index (χ0v) is 15.0. The highest BCUT2D eigenvalue weighted by Crippen LogP contribution is 2.11. The second-order valence-electron chi connectivity index (χ2n) is 5.07. The topological polar surface area (TPSA) is 140 Å². The Labute approximate surface area is 151 Å². The number of sulfonamides is 2. The fourth-order valence-electron chi connectivity index (χ4n) is 1.95. The molecule has 0 aliphatic rings. The van der Waals surface area contributed by atoms with Crippen molar-refractivity contribution in [1.82, 2.24) is 9.44 Å². The monoisotopic (exact) mass is 390 g/mol. The first-order chi connectivity index (χ1) is 12.3. The molecule has 0 aromatic heterocycles. The number of nitriles is 2. The Morgan fingerprint density at radius 1 is 0.654 bits per heavy atom. The third kappa shape index (κ3) is 4.88. The van der Waals surface area contributed by atoms with Crippen LogP contribution in [0.25, 0.3) is 0 Å². The number of hydrogen-bond donors (Lipinski definition) is 2. The van der Waals surface area contributed by atoms with E-state index in [-0.39, 0.29) is 22.9 Å². The van der Waals surface area contributed by atoms with E-state index in [4.69, 9.17) is 10.5 Å². The summed E-state index contributed by atoms with van der Waals surface area (Å²) in [6.45, 7) is -0.310. The summed E-state index contributed by atoms with van der Waals surface area (Å²) < 4.78 is 52.9. The molecular formula is C16H14N4O4S2. The molecule has 0 radical (unpaired) electrons. The molecule has 0 spiro atoms. The molecule has 0 saturated heterocycles. The fraction of sp³-hybridized carbons (Fsp3) is 0.125. The number of hydrogen-bond acceptors (Lipinski definition) is 6. The minimum absolute atomic E-state index is 0.0218. The van der Waals surface area contributed by atoms with Crippen molar-refractivity contribution in [3.05, 3.63) is 59.7 Å². The van der Waals surface area contributed by atoms with Gasteiger partial charge in [-0.05, 0) is 48.5 Å². The van der Waals surface area contributed by atoms with Crippen LogP contribution in [-0.2, 0) is 20.0 Å². The predicted octanol–water partition coefficient (Wildman–Crippen LogP) is 0.687. The first-order valence-corrected chi connectivity index (χ1v) is 10.2. The molecule has 2 N–H and O–H groups in total. The maximum atomic E-state index is 12.1. The highest BCUT2D eigenvalue weighted by molar-refractivity contribution is 7.89. The van der Waals surface area contributed by atoms with Gasteiger partial charge in [0, 0.05) is 13.1 Å². The molecule has 0 bridgehead atoms. The van der Waals surface area contributed by atoms with Gasteiger partial charge in [0.1, 0.15) is 0 Å². The molecule has 0 heterocycles. The molecule has 0 amide bonds.